The number of anilines is 6. The molecule has 5 nitrogen and oxygen atoms in total. The molecule has 6 heteroatoms. The van der Waals surface area contributed by atoms with Crippen molar-refractivity contribution < 1.29 is 13.9 Å². The third kappa shape index (κ3) is 6.04. The fourth-order valence-electron chi connectivity index (χ4n) is 9.38. The van der Waals surface area contributed by atoms with Crippen molar-refractivity contribution in [1.82, 2.24) is 0 Å². The Morgan fingerprint density at radius 3 is 1.88 bits per heavy atom. The van der Waals surface area contributed by atoms with E-state index in [0.29, 0.717) is 13.2 Å². The summed E-state index contributed by atoms with van der Waals surface area (Å²) in [7, 11) is 0. The minimum atomic E-state index is -0.0719. The predicted octanol–water partition coefficient (Wildman–Crippen LogP) is 12.3. The molecule has 3 aliphatic rings. The molecule has 0 N–H and O–H groups in total. The van der Waals surface area contributed by atoms with Gasteiger partial charge in [-0.15, -0.1) is 0 Å². The Bertz CT molecular complexity index is 2610. The average molecular weight is 771 g/mol. The van der Waals surface area contributed by atoms with Gasteiger partial charge in [0.2, 0.25) is 5.88 Å². The van der Waals surface area contributed by atoms with Crippen LogP contribution in [0.1, 0.15) is 122 Å². The highest BCUT2D eigenvalue weighted by atomic mass is 16.5. The van der Waals surface area contributed by atoms with Gasteiger partial charge in [0.25, 0.3) is 6.71 Å². The first-order valence-electron chi connectivity index (χ1n) is 21.3. The van der Waals surface area contributed by atoms with Gasteiger partial charge in [0.15, 0.2) is 11.5 Å². The highest BCUT2D eigenvalue weighted by Crippen LogP contribution is 2.51. The van der Waals surface area contributed by atoms with Crippen LogP contribution in [-0.4, -0.2) is 19.9 Å². The number of rotatable bonds is 3. The molecule has 6 aromatic rings. The van der Waals surface area contributed by atoms with Crippen LogP contribution in [0.25, 0.3) is 11.0 Å². The third-order valence-electron chi connectivity index (χ3n) is 12.8. The van der Waals surface area contributed by atoms with Crippen LogP contribution in [0.5, 0.6) is 11.5 Å². The number of hydrogen-bond donors (Lipinski definition) is 0. The van der Waals surface area contributed by atoms with Crippen molar-refractivity contribution in [3.63, 3.8) is 0 Å². The average Bonchev–Trinajstić information content (AvgIpc) is 3.36. The van der Waals surface area contributed by atoms with Crippen molar-refractivity contribution in [3.8, 4) is 11.5 Å². The standard InChI is InChI=1S/C52H59BN2O3/c1-30(2)33-26-41-46-42(27-33)55(47-31(3)25-44-48(32(47)4)57-24-14-23-56-44)49-45(38-28-35(51(8,9)10)18-22-43(38)58-49)53(46)39-29-36(52(11,12)13)17-21-40(39)54(41)37-19-15-34(16-20-37)50(5,6)7/h15-22,25-30H,14,23-24H2,1-13H3. The van der Waals surface area contributed by atoms with E-state index in [0.717, 1.165) is 57.6 Å². The van der Waals surface area contributed by atoms with E-state index >= 15 is 0 Å². The molecule has 3 aliphatic heterocycles. The quantitative estimate of drug-likeness (QED) is 0.167. The fourth-order valence-corrected chi connectivity index (χ4v) is 9.38. The molecular formula is C52H59BN2O3. The number of furan rings is 1. The van der Waals surface area contributed by atoms with Crippen LogP contribution in [0.15, 0.2) is 83.3 Å². The summed E-state index contributed by atoms with van der Waals surface area (Å²) in [5.74, 6) is 2.80. The fraction of sp³-hybridized carbons (Fsp3) is 0.385. The van der Waals surface area contributed by atoms with Gasteiger partial charge in [0.1, 0.15) is 5.58 Å². The zero-order chi connectivity index (χ0) is 41.2. The lowest BCUT2D eigenvalue weighted by Gasteiger charge is -2.44. The second-order valence-electron chi connectivity index (χ2n) is 20.4. The molecular weight excluding hydrogens is 711 g/mol. The van der Waals surface area contributed by atoms with Crippen molar-refractivity contribution >= 4 is 68.4 Å². The summed E-state index contributed by atoms with van der Waals surface area (Å²) in [5, 5.41) is 1.17. The summed E-state index contributed by atoms with van der Waals surface area (Å²) < 4.78 is 20.1. The van der Waals surface area contributed by atoms with E-state index in [2.05, 4.69) is 179 Å². The Balaban J connectivity index is 1.44. The number of nitrogens with zero attached hydrogens (tertiary/aromatic N) is 2. The lowest BCUT2D eigenvalue weighted by molar-refractivity contribution is 0.296. The number of fused-ring (bicyclic) bond motifs is 7. The lowest BCUT2D eigenvalue weighted by atomic mass is 9.33. The van der Waals surface area contributed by atoms with Crippen molar-refractivity contribution in [2.24, 2.45) is 0 Å². The van der Waals surface area contributed by atoms with Gasteiger partial charge in [-0.25, -0.2) is 0 Å². The summed E-state index contributed by atoms with van der Waals surface area (Å²) in [6.45, 7) is 30.9. The van der Waals surface area contributed by atoms with Crippen molar-refractivity contribution in [3.05, 3.63) is 112 Å². The Hall–Kier alpha value is -5.10. The van der Waals surface area contributed by atoms with Crippen molar-refractivity contribution in [2.75, 3.05) is 23.0 Å². The molecule has 5 aromatic carbocycles. The maximum Gasteiger partial charge on any atom is 0.257 e. The first-order valence-corrected chi connectivity index (χ1v) is 21.3. The van der Waals surface area contributed by atoms with E-state index in [4.69, 9.17) is 13.9 Å². The van der Waals surface area contributed by atoms with Gasteiger partial charge < -0.3 is 18.8 Å². The monoisotopic (exact) mass is 770 g/mol. The maximum absolute atomic E-state index is 7.27. The van der Waals surface area contributed by atoms with Crippen LogP contribution in [0.4, 0.5) is 34.3 Å². The molecule has 1 aromatic heterocycles. The molecule has 58 heavy (non-hydrogen) atoms. The minimum absolute atomic E-state index is 0.0384. The van der Waals surface area contributed by atoms with Gasteiger partial charge in [0.05, 0.1) is 18.9 Å². The highest BCUT2D eigenvalue weighted by Gasteiger charge is 2.47. The highest BCUT2D eigenvalue weighted by molar-refractivity contribution is 7.01. The maximum atomic E-state index is 7.27. The normalized spacial score (nSPS) is 15.1. The van der Waals surface area contributed by atoms with E-state index in [-0.39, 0.29) is 28.9 Å². The van der Waals surface area contributed by atoms with Crippen LogP contribution in [0, 0.1) is 13.8 Å². The summed E-state index contributed by atoms with van der Waals surface area (Å²) in [4.78, 5) is 4.97. The molecule has 0 atom stereocenters. The van der Waals surface area contributed by atoms with E-state index in [1.54, 1.807) is 0 Å². The van der Waals surface area contributed by atoms with Crippen LogP contribution in [-0.2, 0) is 16.2 Å². The lowest BCUT2D eigenvalue weighted by Crippen LogP contribution is -2.61. The number of ether oxygens (including phenoxy) is 2. The number of benzene rings is 5. The van der Waals surface area contributed by atoms with Crippen LogP contribution >= 0.6 is 0 Å². The van der Waals surface area contributed by atoms with Crippen LogP contribution in [0.2, 0.25) is 0 Å². The van der Waals surface area contributed by atoms with E-state index in [9.17, 15) is 0 Å². The van der Waals surface area contributed by atoms with Gasteiger partial charge >= 0.3 is 0 Å². The smallest absolute Gasteiger partial charge is 0.257 e. The topological polar surface area (TPSA) is 38.1 Å². The summed E-state index contributed by atoms with van der Waals surface area (Å²) >= 11 is 0. The van der Waals surface area contributed by atoms with Crippen LogP contribution < -0.4 is 35.7 Å². The summed E-state index contributed by atoms with van der Waals surface area (Å²) in [6, 6.07) is 30.4. The third-order valence-corrected chi connectivity index (χ3v) is 12.8. The molecule has 0 radical (unpaired) electrons. The molecule has 0 bridgehead atoms. The van der Waals surface area contributed by atoms with Gasteiger partial charge in [0, 0.05) is 45.6 Å². The van der Waals surface area contributed by atoms with Gasteiger partial charge in [-0.1, -0.05) is 106 Å². The molecule has 4 heterocycles. The molecule has 9 rings (SSSR count). The Morgan fingerprint density at radius 1 is 0.621 bits per heavy atom. The molecule has 0 spiro atoms. The molecule has 0 aliphatic carbocycles. The second kappa shape index (κ2) is 13.2. The molecule has 0 amide bonds. The van der Waals surface area contributed by atoms with Crippen molar-refractivity contribution in [1.29, 1.82) is 0 Å². The largest absolute Gasteiger partial charge is 0.490 e. The number of hydrogen-bond acceptors (Lipinski definition) is 5. The summed E-state index contributed by atoms with van der Waals surface area (Å²) in [5.41, 5.74) is 17.9. The molecule has 0 unspecified atom stereocenters. The Morgan fingerprint density at radius 2 is 1.22 bits per heavy atom. The summed E-state index contributed by atoms with van der Waals surface area (Å²) in [6.07, 6.45) is 0.851. The van der Waals surface area contributed by atoms with Crippen molar-refractivity contribution in [2.45, 2.75) is 119 Å². The second-order valence-corrected chi connectivity index (χ2v) is 20.4. The first-order chi connectivity index (χ1) is 27.3. The first kappa shape index (κ1) is 38.4. The van der Waals surface area contributed by atoms with E-state index in [1.807, 2.05) is 0 Å². The molecule has 0 fully saturated rings. The Kier molecular flexibility index (Phi) is 8.75. The van der Waals surface area contributed by atoms with Gasteiger partial charge in [-0.2, -0.15) is 0 Å². The SMILES string of the molecule is Cc1cc2c(c(C)c1N1c3cc(C(C)C)cc4c3B(c3cc(C(C)(C)C)ccc3N4c3ccc(C(C)(C)C)cc3)c3c1oc1ccc(C(C)(C)C)cc31)OCCCO2. The van der Waals surface area contributed by atoms with Crippen LogP contribution in [0.3, 0.4) is 0 Å². The zero-order valence-electron chi connectivity index (χ0n) is 36.9. The predicted molar refractivity (Wildman–Crippen MR) is 246 cm³/mol. The molecule has 0 saturated carbocycles. The molecule has 0 saturated heterocycles. The molecule has 298 valence electrons. The van der Waals surface area contributed by atoms with Gasteiger partial charge in [-0.05, 0) is 123 Å². The minimum Gasteiger partial charge on any atom is -0.490 e. The zero-order valence-corrected chi connectivity index (χ0v) is 36.9. The number of aryl methyl sites for hydroxylation is 1. The van der Waals surface area contributed by atoms with E-state index in [1.165, 1.54) is 55.4 Å². The van der Waals surface area contributed by atoms with E-state index < -0.39 is 0 Å². The Labute approximate surface area is 346 Å². The van der Waals surface area contributed by atoms with Gasteiger partial charge in [-0.3, -0.25) is 4.90 Å².